The molecule has 5 heteroatoms. The van der Waals surface area contributed by atoms with E-state index >= 15 is 0 Å². The Labute approximate surface area is 123 Å². The second kappa shape index (κ2) is 4.51. The van der Waals surface area contributed by atoms with Gasteiger partial charge < -0.3 is 0 Å². The van der Waals surface area contributed by atoms with Crippen molar-refractivity contribution in [3.63, 3.8) is 0 Å². The Morgan fingerprint density at radius 1 is 0.900 bits per heavy atom. The zero-order valence-electron chi connectivity index (χ0n) is 10.2. The van der Waals surface area contributed by atoms with E-state index in [1.165, 1.54) is 0 Å². The molecule has 0 atom stereocenters. The van der Waals surface area contributed by atoms with Crippen LogP contribution in [0.3, 0.4) is 0 Å². The van der Waals surface area contributed by atoms with Crippen LogP contribution < -0.4 is 0 Å². The molecule has 3 aromatic heterocycles. The van der Waals surface area contributed by atoms with Gasteiger partial charge in [0.2, 0.25) is 0 Å². The number of nitrogens with zero attached hydrogens (tertiary/aromatic N) is 3. The van der Waals surface area contributed by atoms with E-state index in [9.17, 15) is 0 Å². The van der Waals surface area contributed by atoms with Crippen molar-refractivity contribution in [2.75, 3.05) is 0 Å². The lowest BCUT2D eigenvalue weighted by atomic mass is 10.2. The third kappa shape index (κ3) is 1.85. The molecule has 0 spiro atoms. The highest BCUT2D eigenvalue weighted by Crippen LogP contribution is 2.28. The third-order valence-corrected chi connectivity index (χ3v) is 4.20. The van der Waals surface area contributed by atoms with E-state index in [1.54, 1.807) is 11.3 Å². The first-order chi connectivity index (χ1) is 9.81. The zero-order valence-corrected chi connectivity index (χ0v) is 11.8. The van der Waals surface area contributed by atoms with Gasteiger partial charge in [-0.25, -0.2) is 15.0 Å². The van der Waals surface area contributed by atoms with Crippen LogP contribution in [-0.2, 0) is 0 Å². The summed E-state index contributed by atoms with van der Waals surface area (Å²) in [5, 5.41) is 4.42. The molecule has 0 saturated carbocycles. The molecule has 0 saturated heterocycles. The van der Waals surface area contributed by atoms with Gasteiger partial charge in [0.25, 0.3) is 0 Å². The fourth-order valence-corrected chi connectivity index (χ4v) is 3.18. The zero-order chi connectivity index (χ0) is 13.5. The molecule has 0 aliphatic heterocycles. The van der Waals surface area contributed by atoms with Crippen LogP contribution >= 0.6 is 22.9 Å². The maximum absolute atomic E-state index is 6.20. The van der Waals surface area contributed by atoms with Crippen LogP contribution in [0.15, 0.2) is 47.8 Å². The Morgan fingerprint density at radius 2 is 1.80 bits per heavy atom. The molecular weight excluding hydrogens is 290 g/mol. The van der Waals surface area contributed by atoms with Crippen LogP contribution in [0.2, 0.25) is 5.15 Å². The van der Waals surface area contributed by atoms with Gasteiger partial charge in [0.05, 0.1) is 5.52 Å². The van der Waals surface area contributed by atoms with Gasteiger partial charge in [-0.15, -0.1) is 11.3 Å². The van der Waals surface area contributed by atoms with Gasteiger partial charge in [-0.2, -0.15) is 0 Å². The number of benzene rings is 1. The third-order valence-electron chi connectivity index (χ3n) is 3.11. The average Bonchev–Trinajstić information content (AvgIpc) is 2.96. The van der Waals surface area contributed by atoms with Crippen molar-refractivity contribution in [3.8, 4) is 11.5 Å². The van der Waals surface area contributed by atoms with E-state index in [1.807, 2.05) is 47.8 Å². The molecule has 3 nitrogen and oxygen atoms in total. The van der Waals surface area contributed by atoms with Gasteiger partial charge in [0, 0.05) is 10.8 Å². The first-order valence-corrected chi connectivity index (χ1v) is 7.34. The number of pyridine rings is 1. The molecule has 0 amide bonds. The second-order valence-corrected chi connectivity index (χ2v) is 5.62. The highest BCUT2D eigenvalue weighted by Gasteiger charge is 2.10. The quantitative estimate of drug-likeness (QED) is 0.483. The first-order valence-electron chi connectivity index (χ1n) is 6.08. The van der Waals surface area contributed by atoms with Crippen molar-refractivity contribution in [1.29, 1.82) is 0 Å². The molecule has 20 heavy (non-hydrogen) atoms. The van der Waals surface area contributed by atoms with Gasteiger partial charge in [-0.05, 0) is 23.6 Å². The summed E-state index contributed by atoms with van der Waals surface area (Å²) in [6.07, 6.45) is 0. The minimum atomic E-state index is 0.473. The van der Waals surface area contributed by atoms with E-state index in [0.717, 1.165) is 26.8 Å². The number of thiophene rings is 1. The van der Waals surface area contributed by atoms with E-state index in [-0.39, 0.29) is 0 Å². The smallest absolute Gasteiger partial charge is 0.180 e. The van der Waals surface area contributed by atoms with Crippen LogP contribution in [0.1, 0.15) is 0 Å². The van der Waals surface area contributed by atoms with Crippen molar-refractivity contribution in [3.05, 3.63) is 53.0 Å². The SMILES string of the molecule is Clc1nc(-c2ccc3ccccc3n2)nc2sccc12. The number of para-hydroxylation sites is 1. The molecule has 0 bridgehead atoms. The standard InChI is InChI=1S/C15H8ClN3S/c16-13-10-7-8-20-15(10)19-14(18-13)12-6-5-9-3-1-2-4-11(9)17-12/h1-8H. The average molecular weight is 298 g/mol. The van der Waals surface area contributed by atoms with Gasteiger partial charge in [0.15, 0.2) is 5.82 Å². The van der Waals surface area contributed by atoms with Crippen LogP contribution in [0.25, 0.3) is 32.6 Å². The molecule has 0 unspecified atom stereocenters. The summed E-state index contributed by atoms with van der Waals surface area (Å²) in [5.41, 5.74) is 1.66. The predicted octanol–water partition coefficient (Wildman–Crippen LogP) is 4.56. The van der Waals surface area contributed by atoms with Crippen molar-refractivity contribution >= 4 is 44.1 Å². The summed E-state index contributed by atoms with van der Waals surface area (Å²) in [6.45, 7) is 0. The summed E-state index contributed by atoms with van der Waals surface area (Å²) in [7, 11) is 0. The summed E-state index contributed by atoms with van der Waals surface area (Å²) < 4.78 is 0. The molecule has 4 rings (SSSR count). The number of fused-ring (bicyclic) bond motifs is 2. The largest absolute Gasteiger partial charge is 0.244 e. The minimum Gasteiger partial charge on any atom is -0.244 e. The van der Waals surface area contributed by atoms with E-state index in [0.29, 0.717) is 11.0 Å². The maximum atomic E-state index is 6.20. The normalized spacial score (nSPS) is 11.2. The van der Waals surface area contributed by atoms with Gasteiger partial charge in [-0.1, -0.05) is 35.9 Å². The Kier molecular flexibility index (Phi) is 2.65. The lowest BCUT2D eigenvalue weighted by Crippen LogP contribution is -1.92. The molecule has 1 aromatic carbocycles. The maximum Gasteiger partial charge on any atom is 0.180 e. The number of hydrogen-bond acceptors (Lipinski definition) is 4. The lowest BCUT2D eigenvalue weighted by molar-refractivity contribution is 1.20. The highest BCUT2D eigenvalue weighted by molar-refractivity contribution is 7.16. The first kappa shape index (κ1) is 11.8. The molecule has 3 heterocycles. The van der Waals surface area contributed by atoms with E-state index in [4.69, 9.17) is 11.6 Å². The fourth-order valence-electron chi connectivity index (χ4n) is 2.12. The Bertz CT molecular complexity index is 933. The van der Waals surface area contributed by atoms with Gasteiger partial charge in [0.1, 0.15) is 15.7 Å². The summed E-state index contributed by atoms with van der Waals surface area (Å²) in [4.78, 5) is 14.4. The summed E-state index contributed by atoms with van der Waals surface area (Å²) >= 11 is 7.75. The Balaban J connectivity index is 1.95. The molecule has 0 aliphatic rings. The van der Waals surface area contributed by atoms with Crippen LogP contribution in [0, 0.1) is 0 Å². The topological polar surface area (TPSA) is 38.7 Å². The molecule has 96 valence electrons. The number of rotatable bonds is 1. The number of halogens is 1. The van der Waals surface area contributed by atoms with E-state index in [2.05, 4.69) is 15.0 Å². The van der Waals surface area contributed by atoms with Crippen molar-refractivity contribution in [1.82, 2.24) is 15.0 Å². The second-order valence-electron chi connectivity index (χ2n) is 4.37. The molecule has 0 radical (unpaired) electrons. The van der Waals surface area contributed by atoms with Crippen molar-refractivity contribution in [2.24, 2.45) is 0 Å². The van der Waals surface area contributed by atoms with Crippen molar-refractivity contribution < 1.29 is 0 Å². The minimum absolute atomic E-state index is 0.473. The van der Waals surface area contributed by atoms with E-state index < -0.39 is 0 Å². The summed E-state index contributed by atoms with van der Waals surface area (Å²) in [6, 6.07) is 13.8. The van der Waals surface area contributed by atoms with Crippen molar-refractivity contribution in [2.45, 2.75) is 0 Å². The molecular formula is C15H8ClN3S. The molecule has 4 aromatic rings. The lowest BCUT2D eigenvalue weighted by Gasteiger charge is -2.03. The van der Waals surface area contributed by atoms with Gasteiger partial charge in [-0.3, -0.25) is 0 Å². The fraction of sp³-hybridized carbons (Fsp3) is 0. The monoisotopic (exact) mass is 297 g/mol. The highest BCUT2D eigenvalue weighted by atomic mass is 35.5. The summed E-state index contributed by atoms with van der Waals surface area (Å²) in [5.74, 6) is 0.565. The van der Waals surface area contributed by atoms with Gasteiger partial charge >= 0.3 is 0 Å². The molecule has 0 N–H and O–H groups in total. The van der Waals surface area contributed by atoms with Crippen LogP contribution in [-0.4, -0.2) is 15.0 Å². The Morgan fingerprint density at radius 3 is 2.75 bits per heavy atom. The van der Waals surface area contributed by atoms with Crippen LogP contribution in [0.5, 0.6) is 0 Å². The molecule has 0 aliphatic carbocycles. The van der Waals surface area contributed by atoms with Crippen LogP contribution in [0.4, 0.5) is 0 Å². The number of hydrogen-bond donors (Lipinski definition) is 0. The molecule has 0 fully saturated rings. The Hall–Kier alpha value is -2.04. The predicted molar refractivity (Wildman–Crippen MR) is 83.2 cm³/mol. The number of aromatic nitrogens is 3.